The number of hydrogen-bond donors (Lipinski definition) is 2. The van der Waals surface area contributed by atoms with Crippen molar-refractivity contribution in [2.75, 3.05) is 17.0 Å². The van der Waals surface area contributed by atoms with Crippen LogP contribution in [0.2, 0.25) is 0 Å². The Morgan fingerprint density at radius 1 is 1.19 bits per heavy atom. The summed E-state index contributed by atoms with van der Waals surface area (Å²) in [4.78, 5) is 0. The molecule has 1 heterocycles. The topological polar surface area (TPSA) is 58.2 Å². The zero-order chi connectivity index (χ0) is 14.7. The van der Waals surface area contributed by atoms with Gasteiger partial charge < -0.3 is 5.32 Å². The van der Waals surface area contributed by atoms with Gasteiger partial charge in [0, 0.05) is 6.54 Å². The Morgan fingerprint density at radius 2 is 2.00 bits per heavy atom. The normalized spacial score (nSPS) is 20.0. The van der Waals surface area contributed by atoms with Crippen molar-refractivity contribution in [3.63, 3.8) is 0 Å². The Morgan fingerprint density at radius 3 is 2.81 bits per heavy atom. The average molecular weight is 308 g/mol. The second-order valence-corrected chi connectivity index (χ2v) is 8.02. The Bertz CT molecular complexity index is 592. The van der Waals surface area contributed by atoms with E-state index >= 15 is 0 Å². The molecule has 1 aromatic carbocycles. The lowest BCUT2D eigenvalue weighted by Crippen LogP contribution is -2.27. The first kappa shape index (κ1) is 14.9. The monoisotopic (exact) mass is 308 g/mol. The van der Waals surface area contributed by atoms with Gasteiger partial charge in [0.2, 0.25) is 10.0 Å². The summed E-state index contributed by atoms with van der Waals surface area (Å²) in [6, 6.07) is 5.90. The molecule has 116 valence electrons. The fraction of sp³-hybridized carbons (Fsp3) is 0.625. The van der Waals surface area contributed by atoms with E-state index < -0.39 is 10.0 Å². The van der Waals surface area contributed by atoms with Gasteiger partial charge in [-0.15, -0.1) is 0 Å². The molecule has 1 saturated carbocycles. The summed E-state index contributed by atoms with van der Waals surface area (Å²) in [6.45, 7) is 1.74. The van der Waals surface area contributed by atoms with Crippen molar-refractivity contribution in [3.8, 4) is 0 Å². The fourth-order valence-electron chi connectivity index (χ4n) is 3.50. The summed E-state index contributed by atoms with van der Waals surface area (Å²) in [7, 11) is -3.24. The Kier molecular flexibility index (Phi) is 4.50. The average Bonchev–Trinajstić information content (AvgIpc) is 2.48. The fourth-order valence-corrected chi connectivity index (χ4v) is 5.06. The number of rotatable bonds is 4. The molecule has 2 N–H and O–H groups in total. The lowest BCUT2D eigenvalue weighted by Gasteiger charge is -2.24. The van der Waals surface area contributed by atoms with Crippen LogP contribution in [-0.2, 0) is 23.0 Å². The van der Waals surface area contributed by atoms with Crippen LogP contribution in [0.1, 0.15) is 43.2 Å². The van der Waals surface area contributed by atoms with Gasteiger partial charge in [0.1, 0.15) is 0 Å². The van der Waals surface area contributed by atoms with E-state index in [-0.39, 0.29) is 5.75 Å². The van der Waals surface area contributed by atoms with Gasteiger partial charge in [-0.3, -0.25) is 4.72 Å². The van der Waals surface area contributed by atoms with Crippen molar-refractivity contribution in [2.24, 2.45) is 5.92 Å². The minimum Gasteiger partial charge on any atom is -0.312 e. The van der Waals surface area contributed by atoms with Gasteiger partial charge >= 0.3 is 0 Å². The van der Waals surface area contributed by atoms with Gasteiger partial charge in [-0.2, -0.15) is 0 Å². The van der Waals surface area contributed by atoms with Crippen LogP contribution in [0, 0.1) is 5.92 Å². The molecule has 1 aromatic rings. The maximum atomic E-state index is 12.4. The van der Waals surface area contributed by atoms with Crippen molar-refractivity contribution in [1.82, 2.24) is 5.32 Å². The molecule has 0 atom stereocenters. The highest BCUT2D eigenvalue weighted by atomic mass is 32.2. The molecule has 1 fully saturated rings. The third-order valence-corrected chi connectivity index (χ3v) is 6.03. The van der Waals surface area contributed by atoms with Crippen molar-refractivity contribution in [1.29, 1.82) is 0 Å². The molecule has 4 nitrogen and oxygen atoms in total. The number of nitrogens with one attached hydrogen (secondary N) is 2. The molecule has 3 rings (SSSR count). The largest absolute Gasteiger partial charge is 0.312 e. The number of benzene rings is 1. The van der Waals surface area contributed by atoms with Crippen LogP contribution >= 0.6 is 0 Å². The maximum Gasteiger partial charge on any atom is 0.233 e. The number of anilines is 1. The van der Waals surface area contributed by atoms with Crippen molar-refractivity contribution in [3.05, 3.63) is 29.3 Å². The molecule has 0 saturated heterocycles. The van der Waals surface area contributed by atoms with Gasteiger partial charge in [-0.1, -0.05) is 31.4 Å². The first-order valence-corrected chi connectivity index (χ1v) is 9.61. The minimum atomic E-state index is -3.24. The van der Waals surface area contributed by atoms with E-state index in [0.717, 1.165) is 43.6 Å². The minimum absolute atomic E-state index is 0.273. The molecule has 0 aromatic heterocycles. The van der Waals surface area contributed by atoms with Crippen molar-refractivity contribution >= 4 is 15.7 Å². The number of sulfonamides is 1. The van der Waals surface area contributed by atoms with Crippen LogP contribution in [0.25, 0.3) is 0 Å². The van der Waals surface area contributed by atoms with Crippen molar-refractivity contribution in [2.45, 2.75) is 45.1 Å². The van der Waals surface area contributed by atoms with Crippen LogP contribution in [0.3, 0.4) is 0 Å². The van der Waals surface area contributed by atoms with Crippen molar-refractivity contribution < 1.29 is 8.42 Å². The number of hydrogen-bond acceptors (Lipinski definition) is 3. The Balaban J connectivity index is 1.73. The van der Waals surface area contributed by atoms with E-state index in [1.54, 1.807) is 0 Å². The van der Waals surface area contributed by atoms with E-state index in [4.69, 9.17) is 0 Å². The lowest BCUT2D eigenvalue weighted by atomic mass is 9.91. The van der Waals surface area contributed by atoms with E-state index in [2.05, 4.69) is 16.1 Å². The lowest BCUT2D eigenvalue weighted by molar-refractivity contribution is 0.385. The molecule has 0 bridgehead atoms. The molecule has 1 aliphatic heterocycles. The summed E-state index contributed by atoms with van der Waals surface area (Å²) in [6.07, 6.45) is 6.59. The summed E-state index contributed by atoms with van der Waals surface area (Å²) < 4.78 is 27.7. The second-order valence-electron chi connectivity index (χ2n) is 6.26. The van der Waals surface area contributed by atoms with Gasteiger partial charge in [0.05, 0.1) is 11.4 Å². The molecular weight excluding hydrogens is 284 g/mol. The van der Waals surface area contributed by atoms with Gasteiger partial charge in [-0.05, 0) is 48.9 Å². The zero-order valence-corrected chi connectivity index (χ0v) is 13.2. The van der Waals surface area contributed by atoms with E-state index in [1.807, 2.05) is 12.1 Å². The quantitative estimate of drug-likeness (QED) is 0.899. The Hall–Kier alpha value is -1.07. The molecule has 0 radical (unpaired) electrons. The molecule has 0 amide bonds. The third kappa shape index (κ3) is 3.77. The SMILES string of the molecule is O=S(=O)(CC1CCCCC1)Nc1cccc2c1CCNC2. The highest BCUT2D eigenvalue weighted by Crippen LogP contribution is 2.27. The van der Waals surface area contributed by atoms with Gasteiger partial charge in [0.15, 0.2) is 0 Å². The second kappa shape index (κ2) is 6.36. The molecule has 21 heavy (non-hydrogen) atoms. The zero-order valence-electron chi connectivity index (χ0n) is 12.4. The smallest absolute Gasteiger partial charge is 0.233 e. The van der Waals surface area contributed by atoms with Crippen LogP contribution < -0.4 is 10.0 Å². The standard InChI is InChI=1S/C16H24N2O2S/c19-21(20,12-13-5-2-1-3-6-13)18-16-8-4-7-14-11-17-10-9-15(14)16/h4,7-8,13,17-18H,1-3,5-6,9-12H2. The van der Waals surface area contributed by atoms with Gasteiger partial charge in [0.25, 0.3) is 0 Å². The maximum absolute atomic E-state index is 12.4. The van der Waals surface area contributed by atoms with E-state index in [9.17, 15) is 8.42 Å². The molecule has 0 unspecified atom stereocenters. The van der Waals surface area contributed by atoms with Crippen LogP contribution in [0.5, 0.6) is 0 Å². The molecule has 0 spiro atoms. The first-order chi connectivity index (χ1) is 10.1. The molecule has 1 aliphatic carbocycles. The van der Waals surface area contributed by atoms with E-state index in [0.29, 0.717) is 5.92 Å². The van der Waals surface area contributed by atoms with Crippen LogP contribution in [0.15, 0.2) is 18.2 Å². The molecule has 5 heteroatoms. The van der Waals surface area contributed by atoms with Crippen LogP contribution in [0.4, 0.5) is 5.69 Å². The molecule has 2 aliphatic rings. The summed E-state index contributed by atoms with van der Waals surface area (Å²) in [5, 5.41) is 3.32. The number of fused-ring (bicyclic) bond motifs is 1. The predicted molar refractivity (Wildman–Crippen MR) is 85.8 cm³/mol. The third-order valence-electron chi connectivity index (χ3n) is 4.59. The highest BCUT2D eigenvalue weighted by molar-refractivity contribution is 7.92. The summed E-state index contributed by atoms with van der Waals surface area (Å²) in [5.74, 6) is 0.604. The Labute approximate surface area is 127 Å². The predicted octanol–water partition coefficient (Wildman–Crippen LogP) is 2.65. The molecular formula is C16H24N2O2S. The highest BCUT2D eigenvalue weighted by Gasteiger charge is 2.23. The van der Waals surface area contributed by atoms with Gasteiger partial charge in [-0.25, -0.2) is 8.42 Å². The van der Waals surface area contributed by atoms with E-state index in [1.165, 1.54) is 24.8 Å². The summed E-state index contributed by atoms with van der Waals surface area (Å²) in [5.41, 5.74) is 3.15. The summed E-state index contributed by atoms with van der Waals surface area (Å²) >= 11 is 0. The van der Waals surface area contributed by atoms with Crippen LogP contribution in [-0.4, -0.2) is 20.7 Å². The first-order valence-electron chi connectivity index (χ1n) is 7.96.